The minimum absolute atomic E-state index is 0.00392. The standard InChI is InChI=1S/C22H23N5O3/c1-12-20(13(2)30-25-12)21-16-11-27(8-7-17(16)23-24-21)22(28)19-10-14-9-15(29-4)5-6-18(14)26(19)3/h5-6,9-10H,7-8,11H2,1-4H3,(H,23,24). The number of amides is 1. The molecule has 3 aromatic heterocycles. The normalized spacial score (nSPS) is 13.7. The summed E-state index contributed by atoms with van der Waals surface area (Å²) < 4.78 is 12.6. The fraction of sp³-hybridized carbons (Fsp3) is 0.318. The molecular weight excluding hydrogens is 382 g/mol. The van der Waals surface area contributed by atoms with Crippen molar-refractivity contribution in [3.63, 3.8) is 0 Å². The van der Waals surface area contributed by atoms with E-state index in [0.29, 0.717) is 18.8 Å². The average Bonchev–Trinajstić information content (AvgIpc) is 3.42. The van der Waals surface area contributed by atoms with Crippen LogP contribution in [0.25, 0.3) is 22.2 Å². The Kier molecular flexibility index (Phi) is 4.16. The van der Waals surface area contributed by atoms with Gasteiger partial charge in [0, 0.05) is 42.2 Å². The SMILES string of the molecule is COc1ccc2c(c1)cc(C(=O)N1CCc3[nH]nc(-c4c(C)noc4C)c3C1)n2C. The number of H-pyrrole nitrogens is 1. The number of fused-ring (bicyclic) bond motifs is 2. The van der Waals surface area contributed by atoms with Crippen molar-refractivity contribution in [3.8, 4) is 17.0 Å². The zero-order valence-corrected chi connectivity index (χ0v) is 17.4. The predicted molar refractivity (Wildman–Crippen MR) is 111 cm³/mol. The van der Waals surface area contributed by atoms with Crippen LogP contribution in [0.3, 0.4) is 0 Å². The zero-order chi connectivity index (χ0) is 21.0. The second-order valence-electron chi connectivity index (χ2n) is 7.72. The lowest BCUT2D eigenvalue weighted by Crippen LogP contribution is -2.36. The number of nitrogens with one attached hydrogen (secondary N) is 1. The number of aryl methyl sites for hydroxylation is 3. The van der Waals surface area contributed by atoms with E-state index in [1.807, 2.05) is 54.6 Å². The van der Waals surface area contributed by atoms with Crippen molar-refractivity contribution in [1.29, 1.82) is 0 Å². The van der Waals surface area contributed by atoms with E-state index in [2.05, 4.69) is 15.4 Å². The van der Waals surface area contributed by atoms with Crippen LogP contribution in [0.1, 0.15) is 33.2 Å². The lowest BCUT2D eigenvalue weighted by molar-refractivity contribution is 0.0725. The van der Waals surface area contributed by atoms with Gasteiger partial charge in [0.25, 0.3) is 5.91 Å². The molecule has 1 aliphatic heterocycles. The van der Waals surface area contributed by atoms with Crippen molar-refractivity contribution < 1.29 is 14.1 Å². The van der Waals surface area contributed by atoms with E-state index in [1.165, 1.54) is 0 Å². The van der Waals surface area contributed by atoms with Crippen LogP contribution < -0.4 is 4.74 Å². The number of methoxy groups -OCH3 is 1. The van der Waals surface area contributed by atoms with Crippen molar-refractivity contribution in [2.75, 3.05) is 13.7 Å². The highest BCUT2D eigenvalue weighted by molar-refractivity contribution is 5.99. The van der Waals surface area contributed by atoms with Gasteiger partial charge in [-0.05, 0) is 38.1 Å². The average molecular weight is 405 g/mol. The first kappa shape index (κ1) is 18.5. The van der Waals surface area contributed by atoms with Gasteiger partial charge >= 0.3 is 0 Å². The maximum absolute atomic E-state index is 13.4. The summed E-state index contributed by atoms with van der Waals surface area (Å²) in [6, 6.07) is 7.77. The molecule has 30 heavy (non-hydrogen) atoms. The summed E-state index contributed by atoms with van der Waals surface area (Å²) in [5.41, 5.74) is 6.27. The molecule has 0 unspecified atom stereocenters. The Bertz CT molecular complexity index is 1260. The van der Waals surface area contributed by atoms with E-state index in [0.717, 1.165) is 57.0 Å². The van der Waals surface area contributed by atoms with Gasteiger partial charge in [0.1, 0.15) is 22.9 Å². The summed E-state index contributed by atoms with van der Waals surface area (Å²) in [6.07, 6.45) is 0.731. The van der Waals surface area contributed by atoms with Crippen LogP contribution in [0.2, 0.25) is 0 Å². The predicted octanol–water partition coefficient (Wildman–Crippen LogP) is 3.38. The summed E-state index contributed by atoms with van der Waals surface area (Å²) in [5, 5.41) is 12.7. The zero-order valence-electron chi connectivity index (χ0n) is 17.4. The number of hydrogen-bond donors (Lipinski definition) is 1. The number of nitrogens with zero attached hydrogens (tertiary/aromatic N) is 4. The number of carbonyl (C=O) groups is 1. The minimum Gasteiger partial charge on any atom is -0.497 e. The van der Waals surface area contributed by atoms with E-state index in [-0.39, 0.29) is 5.91 Å². The molecule has 1 amide bonds. The summed E-state index contributed by atoms with van der Waals surface area (Å²) in [4.78, 5) is 15.3. The first-order valence-corrected chi connectivity index (χ1v) is 9.90. The highest BCUT2D eigenvalue weighted by Gasteiger charge is 2.29. The molecule has 1 aliphatic rings. The molecule has 0 saturated heterocycles. The molecule has 1 aromatic carbocycles. The molecule has 4 aromatic rings. The summed E-state index contributed by atoms with van der Waals surface area (Å²) in [6.45, 7) is 4.92. The van der Waals surface area contributed by atoms with Crippen molar-refractivity contribution in [2.24, 2.45) is 7.05 Å². The third-order valence-corrected chi connectivity index (χ3v) is 5.96. The summed E-state index contributed by atoms with van der Waals surface area (Å²) in [5.74, 6) is 1.51. The molecule has 1 N–H and O–H groups in total. The Balaban J connectivity index is 1.49. The lowest BCUT2D eigenvalue weighted by atomic mass is 10.00. The first-order chi connectivity index (χ1) is 14.5. The molecule has 0 spiro atoms. The van der Waals surface area contributed by atoms with Crippen molar-refractivity contribution in [1.82, 2.24) is 24.8 Å². The Morgan fingerprint density at radius 2 is 2.10 bits per heavy atom. The van der Waals surface area contributed by atoms with Gasteiger partial charge in [-0.1, -0.05) is 5.16 Å². The van der Waals surface area contributed by atoms with Crippen molar-refractivity contribution in [3.05, 3.63) is 52.7 Å². The van der Waals surface area contributed by atoms with Gasteiger partial charge < -0.3 is 18.7 Å². The number of rotatable bonds is 3. The maximum atomic E-state index is 13.4. The highest BCUT2D eigenvalue weighted by Crippen LogP contribution is 2.33. The van der Waals surface area contributed by atoms with Crippen LogP contribution in [0, 0.1) is 13.8 Å². The molecule has 5 rings (SSSR count). The number of hydrogen-bond acceptors (Lipinski definition) is 5. The van der Waals surface area contributed by atoms with E-state index in [1.54, 1.807) is 7.11 Å². The molecule has 154 valence electrons. The van der Waals surface area contributed by atoms with Crippen LogP contribution in [0.15, 0.2) is 28.8 Å². The Labute approximate surface area is 173 Å². The Hall–Kier alpha value is -3.55. The lowest BCUT2D eigenvalue weighted by Gasteiger charge is -2.27. The fourth-order valence-corrected chi connectivity index (χ4v) is 4.32. The number of benzene rings is 1. The molecule has 0 saturated carbocycles. The molecule has 4 heterocycles. The van der Waals surface area contributed by atoms with E-state index < -0.39 is 0 Å². The Morgan fingerprint density at radius 1 is 1.27 bits per heavy atom. The van der Waals surface area contributed by atoms with Crippen molar-refractivity contribution >= 4 is 16.8 Å². The van der Waals surface area contributed by atoms with E-state index >= 15 is 0 Å². The van der Waals surface area contributed by atoms with Crippen LogP contribution in [0.4, 0.5) is 0 Å². The first-order valence-electron chi connectivity index (χ1n) is 9.90. The number of aromatic nitrogens is 4. The second-order valence-corrected chi connectivity index (χ2v) is 7.72. The largest absolute Gasteiger partial charge is 0.497 e. The number of carbonyl (C=O) groups excluding carboxylic acids is 1. The van der Waals surface area contributed by atoms with Gasteiger partial charge in [-0.15, -0.1) is 0 Å². The quantitative estimate of drug-likeness (QED) is 0.564. The smallest absolute Gasteiger partial charge is 0.270 e. The summed E-state index contributed by atoms with van der Waals surface area (Å²) >= 11 is 0. The molecule has 0 aliphatic carbocycles. The Morgan fingerprint density at radius 3 is 2.83 bits per heavy atom. The van der Waals surface area contributed by atoms with Crippen LogP contribution in [-0.2, 0) is 20.0 Å². The van der Waals surface area contributed by atoms with E-state index in [9.17, 15) is 4.79 Å². The van der Waals surface area contributed by atoms with E-state index in [4.69, 9.17) is 9.26 Å². The molecule has 8 heteroatoms. The molecular formula is C22H23N5O3. The monoisotopic (exact) mass is 405 g/mol. The van der Waals surface area contributed by atoms with Crippen LogP contribution in [0.5, 0.6) is 5.75 Å². The molecule has 0 fully saturated rings. The maximum Gasteiger partial charge on any atom is 0.270 e. The van der Waals surface area contributed by atoms with Gasteiger partial charge in [0.05, 0.1) is 24.9 Å². The van der Waals surface area contributed by atoms with Gasteiger partial charge in [-0.3, -0.25) is 9.89 Å². The third kappa shape index (κ3) is 2.71. The molecule has 8 nitrogen and oxygen atoms in total. The van der Waals surface area contributed by atoms with Gasteiger partial charge in [0.2, 0.25) is 0 Å². The second kappa shape index (κ2) is 6.76. The highest BCUT2D eigenvalue weighted by atomic mass is 16.5. The molecule has 0 atom stereocenters. The van der Waals surface area contributed by atoms with Gasteiger partial charge in [-0.25, -0.2) is 0 Å². The number of aromatic amines is 1. The van der Waals surface area contributed by atoms with Crippen LogP contribution in [-0.4, -0.2) is 44.4 Å². The molecule has 0 bridgehead atoms. The molecule has 0 radical (unpaired) electrons. The van der Waals surface area contributed by atoms with Crippen molar-refractivity contribution in [2.45, 2.75) is 26.8 Å². The number of ether oxygens (including phenoxy) is 1. The summed E-state index contributed by atoms with van der Waals surface area (Å²) in [7, 11) is 3.56. The minimum atomic E-state index is 0.00392. The fourth-order valence-electron chi connectivity index (χ4n) is 4.32. The third-order valence-electron chi connectivity index (χ3n) is 5.96. The van der Waals surface area contributed by atoms with Gasteiger partial charge in [-0.2, -0.15) is 5.10 Å². The van der Waals surface area contributed by atoms with Gasteiger partial charge in [0.15, 0.2) is 0 Å². The van der Waals surface area contributed by atoms with Crippen LogP contribution >= 0.6 is 0 Å². The topological polar surface area (TPSA) is 89.2 Å².